The van der Waals surface area contributed by atoms with Gasteiger partial charge < -0.3 is 10.7 Å². The van der Waals surface area contributed by atoms with Gasteiger partial charge >= 0.3 is 0 Å². The lowest BCUT2D eigenvalue weighted by Crippen LogP contribution is -2.07. The molecule has 14 heavy (non-hydrogen) atoms. The molecule has 1 rings (SSSR count). The summed E-state index contributed by atoms with van der Waals surface area (Å²) in [4.78, 5) is 0. The third-order valence-corrected chi connectivity index (χ3v) is 1.92. The lowest BCUT2D eigenvalue weighted by Gasteiger charge is -2.06. The molecule has 1 aromatic rings. The molecule has 0 aliphatic carbocycles. The summed E-state index contributed by atoms with van der Waals surface area (Å²) in [5.41, 5.74) is 0.936. The molecule has 0 spiro atoms. The summed E-state index contributed by atoms with van der Waals surface area (Å²) < 4.78 is 34.2. The van der Waals surface area contributed by atoms with Crippen molar-refractivity contribution in [3.63, 3.8) is 0 Å². The van der Waals surface area contributed by atoms with Gasteiger partial charge in [-0.05, 0) is 12.0 Å². The number of hydrogen-bond acceptors (Lipinski definition) is 4. The van der Waals surface area contributed by atoms with E-state index in [-0.39, 0.29) is 12.8 Å². The Balaban J connectivity index is 0.00000169. The Labute approximate surface area is 83.2 Å². The van der Waals surface area contributed by atoms with Crippen LogP contribution in [0.25, 0.3) is 0 Å². The summed E-state index contributed by atoms with van der Waals surface area (Å²) >= 11 is 0. The van der Waals surface area contributed by atoms with E-state index in [0.29, 0.717) is 6.42 Å². The standard InChI is InChI=1S/C8H10O4S.H3N/c9-13(10,11)12-7-6-8-4-2-1-3-5-8;/h1-5H,6-7H2,(H,9,10,11);1H3. The molecule has 6 heteroatoms. The predicted octanol–water partition coefficient (Wildman–Crippen LogP) is 1.08. The highest BCUT2D eigenvalue weighted by Crippen LogP contribution is 2.00. The van der Waals surface area contributed by atoms with Gasteiger partial charge in [-0.1, -0.05) is 30.3 Å². The fourth-order valence-electron chi connectivity index (χ4n) is 0.906. The molecule has 0 unspecified atom stereocenters. The third kappa shape index (κ3) is 5.65. The zero-order chi connectivity index (χ0) is 9.73. The molecular formula is C8H13NO4S. The van der Waals surface area contributed by atoms with Crippen molar-refractivity contribution in [2.45, 2.75) is 6.42 Å². The van der Waals surface area contributed by atoms with Crippen molar-refractivity contribution in [2.24, 2.45) is 0 Å². The Hall–Kier alpha value is -0.950. The maximum atomic E-state index is 10.0. The van der Waals surface area contributed by atoms with Gasteiger partial charge in [-0.25, -0.2) is 8.42 Å². The van der Waals surface area contributed by atoms with E-state index >= 15 is 0 Å². The highest BCUT2D eigenvalue weighted by Gasteiger charge is 1.95. The van der Waals surface area contributed by atoms with E-state index in [4.69, 9.17) is 0 Å². The van der Waals surface area contributed by atoms with Crippen LogP contribution in [-0.2, 0) is 21.0 Å². The second kappa shape index (κ2) is 5.71. The Morgan fingerprint density at radius 1 is 1.21 bits per heavy atom. The molecule has 1 aromatic carbocycles. The summed E-state index contributed by atoms with van der Waals surface area (Å²) in [5, 5.41) is 0. The molecule has 0 aliphatic rings. The Morgan fingerprint density at radius 2 is 1.79 bits per heavy atom. The summed E-state index contributed by atoms with van der Waals surface area (Å²) in [6.07, 6.45) is 0.419. The first-order valence-electron chi connectivity index (χ1n) is 3.72. The van der Waals surface area contributed by atoms with Crippen molar-refractivity contribution >= 4 is 10.4 Å². The van der Waals surface area contributed by atoms with Crippen LogP contribution < -0.4 is 6.15 Å². The molecule has 80 valence electrons. The van der Waals surface area contributed by atoms with Gasteiger partial charge in [-0.2, -0.15) is 0 Å². The maximum Gasteiger partial charge on any atom is 0.217 e. The number of rotatable bonds is 4. The topological polar surface area (TPSA) is 103 Å². The largest absolute Gasteiger partial charge is 0.726 e. The average molecular weight is 219 g/mol. The molecular weight excluding hydrogens is 206 g/mol. The summed E-state index contributed by atoms with van der Waals surface area (Å²) in [7, 11) is -4.54. The second-order valence-corrected chi connectivity index (χ2v) is 3.52. The Bertz CT molecular complexity index is 349. The van der Waals surface area contributed by atoms with Crippen LogP contribution >= 0.6 is 0 Å². The van der Waals surface area contributed by atoms with Gasteiger partial charge in [0.1, 0.15) is 0 Å². The van der Waals surface area contributed by atoms with Crippen molar-refractivity contribution in [1.82, 2.24) is 6.15 Å². The molecule has 0 saturated heterocycles. The van der Waals surface area contributed by atoms with Gasteiger partial charge in [0.2, 0.25) is 10.4 Å². The summed E-state index contributed by atoms with van der Waals surface area (Å²) in [5.74, 6) is 0. The molecule has 0 amide bonds. The van der Waals surface area contributed by atoms with Gasteiger partial charge in [0, 0.05) is 0 Å². The van der Waals surface area contributed by atoms with E-state index in [2.05, 4.69) is 4.18 Å². The first kappa shape index (κ1) is 13.1. The molecule has 0 aliphatic heterocycles. The van der Waals surface area contributed by atoms with Crippen LogP contribution in [0.1, 0.15) is 5.56 Å². The van der Waals surface area contributed by atoms with Gasteiger partial charge in [-0.15, -0.1) is 0 Å². The van der Waals surface area contributed by atoms with Crippen LogP contribution in [0.15, 0.2) is 30.3 Å². The Kier molecular flexibility index (Phi) is 5.32. The lowest BCUT2D eigenvalue weighted by atomic mass is 10.2. The zero-order valence-corrected chi connectivity index (χ0v) is 8.66. The minimum absolute atomic E-state index is 0. The summed E-state index contributed by atoms with van der Waals surface area (Å²) in [6.45, 7) is -0.101. The second-order valence-electron chi connectivity index (χ2n) is 2.47. The first-order valence-corrected chi connectivity index (χ1v) is 5.05. The van der Waals surface area contributed by atoms with Crippen LogP contribution in [0.2, 0.25) is 0 Å². The van der Waals surface area contributed by atoms with Crippen LogP contribution in [0.3, 0.4) is 0 Å². The van der Waals surface area contributed by atoms with Gasteiger partial charge in [0.15, 0.2) is 0 Å². The van der Waals surface area contributed by atoms with Crippen molar-refractivity contribution in [3.8, 4) is 0 Å². The fourth-order valence-corrected chi connectivity index (χ4v) is 1.19. The SMILES string of the molecule is O=S(=O)([O-])OCCc1ccccc1.[NH4+]. The van der Waals surface area contributed by atoms with Crippen molar-refractivity contribution in [2.75, 3.05) is 6.61 Å². The van der Waals surface area contributed by atoms with Crippen LogP contribution in [0.5, 0.6) is 0 Å². The average Bonchev–Trinajstić information content (AvgIpc) is 2.04. The van der Waals surface area contributed by atoms with Gasteiger partial charge in [0.25, 0.3) is 0 Å². The Morgan fingerprint density at radius 3 is 2.29 bits per heavy atom. The lowest BCUT2D eigenvalue weighted by molar-refractivity contribution is 0.264. The minimum atomic E-state index is -4.54. The number of hydrogen-bond donors (Lipinski definition) is 1. The van der Waals surface area contributed by atoms with Gasteiger partial charge in [-0.3, -0.25) is 4.18 Å². The number of quaternary nitrogens is 1. The van der Waals surface area contributed by atoms with E-state index in [9.17, 15) is 13.0 Å². The quantitative estimate of drug-likeness (QED) is 0.604. The molecule has 0 radical (unpaired) electrons. The molecule has 5 nitrogen and oxygen atoms in total. The van der Waals surface area contributed by atoms with E-state index in [1.165, 1.54) is 0 Å². The highest BCUT2D eigenvalue weighted by atomic mass is 32.3. The van der Waals surface area contributed by atoms with E-state index in [1.54, 1.807) is 0 Å². The smallest absolute Gasteiger partial charge is 0.217 e. The molecule has 4 N–H and O–H groups in total. The van der Waals surface area contributed by atoms with E-state index in [1.807, 2.05) is 30.3 Å². The molecule has 0 heterocycles. The molecule has 0 fully saturated rings. The van der Waals surface area contributed by atoms with Crippen molar-refractivity contribution in [1.29, 1.82) is 0 Å². The molecule has 0 aromatic heterocycles. The van der Waals surface area contributed by atoms with Crippen LogP contribution in [0.4, 0.5) is 0 Å². The van der Waals surface area contributed by atoms with Crippen molar-refractivity contribution in [3.05, 3.63) is 35.9 Å². The predicted molar refractivity (Wildman–Crippen MR) is 51.8 cm³/mol. The normalized spacial score (nSPS) is 10.6. The molecule has 0 bridgehead atoms. The van der Waals surface area contributed by atoms with Crippen LogP contribution in [-0.4, -0.2) is 19.6 Å². The molecule has 0 atom stereocenters. The van der Waals surface area contributed by atoms with E-state index in [0.717, 1.165) is 5.56 Å². The van der Waals surface area contributed by atoms with E-state index < -0.39 is 10.4 Å². The zero-order valence-electron chi connectivity index (χ0n) is 7.84. The van der Waals surface area contributed by atoms with Gasteiger partial charge in [0.05, 0.1) is 6.61 Å². The number of benzene rings is 1. The summed E-state index contributed by atoms with van der Waals surface area (Å²) in [6, 6.07) is 9.19. The molecule has 0 saturated carbocycles. The van der Waals surface area contributed by atoms with Crippen molar-refractivity contribution < 1.29 is 17.2 Å². The fraction of sp³-hybridized carbons (Fsp3) is 0.250. The first-order chi connectivity index (χ1) is 6.08. The monoisotopic (exact) mass is 219 g/mol. The minimum Gasteiger partial charge on any atom is -0.726 e. The highest BCUT2D eigenvalue weighted by molar-refractivity contribution is 7.80. The maximum absolute atomic E-state index is 10.0. The van der Waals surface area contributed by atoms with Crippen LogP contribution in [0, 0.1) is 0 Å². The third-order valence-electron chi connectivity index (χ3n) is 1.46.